The lowest BCUT2D eigenvalue weighted by Crippen LogP contribution is -2.17. The Balaban J connectivity index is 2.38. The predicted octanol–water partition coefficient (Wildman–Crippen LogP) is 0.670. The van der Waals surface area contributed by atoms with Gasteiger partial charge in [0.25, 0.3) is 0 Å². The second kappa shape index (κ2) is 6.75. The summed E-state index contributed by atoms with van der Waals surface area (Å²) in [5.74, 6) is 0.988. The van der Waals surface area contributed by atoms with Crippen LogP contribution >= 0.6 is 11.8 Å². The van der Waals surface area contributed by atoms with E-state index >= 15 is 0 Å². The molecule has 0 aliphatic heterocycles. The van der Waals surface area contributed by atoms with Crippen molar-refractivity contribution in [3.63, 3.8) is 0 Å². The van der Waals surface area contributed by atoms with E-state index in [0.717, 1.165) is 16.5 Å². The van der Waals surface area contributed by atoms with Crippen molar-refractivity contribution in [2.24, 2.45) is 0 Å². The van der Waals surface area contributed by atoms with E-state index in [-0.39, 0.29) is 6.61 Å². The molecule has 0 unspecified atom stereocenters. The summed E-state index contributed by atoms with van der Waals surface area (Å²) in [4.78, 5) is 8.39. The second-order valence-corrected chi connectivity index (χ2v) is 3.94. The van der Waals surface area contributed by atoms with Crippen molar-refractivity contribution >= 4 is 11.8 Å². The van der Waals surface area contributed by atoms with Crippen molar-refractivity contribution in [1.29, 1.82) is 0 Å². The molecule has 14 heavy (non-hydrogen) atoms. The van der Waals surface area contributed by atoms with Gasteiger partial charge in [-0.05, 0) is 5.75 Å². The summed E-state index contributed by atoms with van der Waals surface area (Å²) < 4.78 is 0. The van der Waals surface area contributed by atoms with Gasteiger partial charge in [0.15, 0.2) is 5.16 Å². The Kier molecular flexibility index (Phi) is 5.51. The number of nitrogens with one attached hydrogen (secondary N) is 1. The van der Waals surface area contributed by atoms with Crippen molar-refractivity contribution < 1.29 is 5.11 Å². The van der Waals surface area contributed by atoms with E-state index in [9.17, 15) is 0 Å². The molecule has 0 fully saturated rings. The first-order chi connectivity index (χ1) is 6.86. The summed E-state index contributed by atoms with van der Waals surface area (Å²) in [5.41, 5.74) is 1.04. The predicted molar refractivity (Wildman–Crippen MR) is 57.2 cm³/mol. The van der Waals surface area contributed by atoms with Crippen LogP contribution in [-0.4, -0.2) is 34.0 Å². The number of aliphatic hydroxyl groups excluding tert-OH is 1. The Morgan fingerprint density at radius 1 is 1.43 bits per heavy atom. The highest BCUT2D eigenvalue weighted by molar-refractivity contribution is 7.99. The molecule has 0 radical (unpaired) electrons. The first-order valence-corrected chi connectivity index (χ1v) is 5.60. The molecule has 1 rings (SSSR count). The smallest absolute Gasteiger partial charge is 0.187 e. The highest BCUT2D eigenvalue weighted by Crippen LogP contribution is 2.10. The second-order valence-electron chi connectivity index (χ2n) is 2.71. The van der Waals surface area contributed by atoms with Gasteiger partial charge in [-0.1, -0.05) is 18.7 Å². The van der Waals surface area contributed by atoms with E-state index in [1.165, 1.54) is 0 Å². The van der Waals surface area contributed by atoms with Gasteiger partial charge in [-0.3, -0.25) is 0 Å². The van der Waals surface area contributed by atoms with Gasteiger partial charge in [-0.25, -0.2) is 9.97 Å². The third-order valence-corrected chi connectivity index (χ3v) is 2.33. The molecule has 0 saturated heterocycles. The molecule has 1 aromatic rings. The molecule has 78 valence electrons. The van der Waals surface area contributed by atoms with E-state index < -0.39 is 0 Å². The summed E-state index contributed by atoms with van der Waals surface area (Å²) in [6.07, 6.45) is 3.63. The van der Waals surface area contributed by atoms with Crippen LogP contribution in [0.5, 0.6) is 0 Å². The Morgan fingerprint density at radius 3 is 2.71 bits per heavy atom. The zero-order chi connectivity index (χ0) is 10.2. The zero-order valence-electron chi connectivity index (χ0n) is 8.23. The lowest BCUT2D eigenvalue weighted by atomic mass is 10.3. The Hall–Kier alpha value is -0.650. The van der Waals surface area contributed by atoms with Gasteiger partial charge in [-0.2, -0.15) is 0 Å². The lowest BCUT2D eigenvalue weighted by Gasteiger charge is -2.02. The number of nitrogens with zero attached hydrogens (tertiary/aromatic N) is 2. The maximum atomic E-state index is 8.56. The molecule has 0 atom stereocenters. The van der Waals surface area contributed by atoms with E-state index in [1.807, 2.05) is 12.4 Å². The minimum absolute atomic E-state index is 0.157. The molecule has 0 aliphatic carbocycles. The maximum absolute atomic E-state index is 8.56. The summed E-state index contributed by atoms with van der Waals surface area (Å²) in [6, 6.07) is 0. The van der Waals surface area contributed by atoms with Crippen LogP contribution in [0.25, 0.3) is 0 Å². The minimum Gasteiger partial charge on any atom is -0.395 e. The normalized spacial score (nSPS) is 10.4. The van der Waals surface area contributed by atoms with Gasteiger partial charge in [-0.15, -0.1) is 0 Å². The number of aromatic nitrogens is 2. The molecule has 0 aromatic carbocycles. The van der Waals surface area contributed by atoms with E-state index in [0.29, 0.717) is 13.1 Å². The molecule has 5 heteroatoms. The number of aliphatic hydroxyl groups is 1. The van der Waals surface area contributed by atoms with Gasteiger partial charge in [0.2, 0.25) is 0 Å². The summed E-state index contributed by atoms with van der Waals surface area (Å²) in [5, 5.41) is 12.4. The third-order valence-electron chi connectivity index (χ3n) is 1.57. The first-order valence-electron chi connectivity index (χ1n) is 4.62. The molecule has 0 aliphatic rings. The topological polar surface area (TPSA) is 58.0 Å². The Labute approximate surface area is 88.2 Å². The maximum Gasteiger partial charge on any atom is 0.187 e. The van der Waals surface area contributed by atoms with Crippen LogP contribution in [0.2, 0.25) is 0 Å². The standard InChI is InChI=1S/C9H15N3OS/c1-2-14-9-11-6-8(7-12-9)5-10-3-4-13/h6-7,10,13H,2-5H2,1H3. The molecule has 0 saturated carbocycles. The SMILES string of the molecule is CCSc1ncc(CNCCO)cn1. The van der Waals surface area contributed by atoms with Gasteiger partial charge in [0.1, 0.15) is 0 Å². The van der Waals surface area contributed by atoms with E-state index in [2.05, 4.69) is 22.2 Å². The highest BCUT2D eigenvalue weighted by Gasteiger charge is 1.96. The molecule has 4 nitrogen and oxygen atoms in total. The fourth-order valence-electron chi connectivity index (χ4n) is 0.950. The summed E-state index contributed by atoms with van der Waals surface area (Å²) in [6.45, 7) is 3.54. The zero-order valence-corrected chi connectivity index (χ0v) is 9.05. The van der Waals surface area contributed by atoms with Gasteiger partial charge < -0.3 is 10.4 Å². The summed E-state index contributed by atoms with van der Waals surface area (Å²) in [7, 11) is 0. The van der Waals surface area contributed by atoms with Gasteiger partial charge >= 0.3 is 0 Å². The molecular formula is C9H15N3OS. The van der Waals surface area contributed by atoms with Crippen LogP contribution in [0.3, 0.4) is 0 Å². The molecular weight excluding hydrogens is 198 g/mol. The minimum atomic E-state index is 0.157. The molecule has 0 spiro atoms. The largest absolute Gasteiger partial charge is 0.395 e. The number of hydrogen-bond donors (Lipinski definition) is 2. The fourth-order valence-corrected chi connectivity index (χ4v) is 1.46. The van der Waals surface area contributed by atoms with E-state index in [4.69, 9.17) is 5.11 Å². The van der Waals surface area contributed by atoms with Crippen molar-refractivity contribution in [2.45, 2.75) is 18.6 Å². The lowest BCUT2D eigenvalue weighted by molar-refractivity contribution is 0.292. The summed E-state index contributed by atoms with van der Waals surface area (Å²) >= 11 is 1.63. The average molecular weight is 213 g/mol. The first kappa shape index (κ1) is 11.4. The number of rotatable bonds is 6. The van der Waals surface area contributed by atoms with Crippen molar-refractivity contribution in [2.75, 3.05) is 18.9 Å². The van der Waals surface area contributed by atoms with Crippen molar-refractivity contribution in [1.82, 2.24) is 15.3 Å². The van der Waals surface area contributed by atoms with E-state index in [1.54, 1.807) is 11.8 Å². The van der Waals surface area contributed by atoms with Crippen LogP contribution in [0.4, 0.5) is 0 Å². The molecule has 0 amide bonds. The monoisotopic (exact) mass is 213 g/mol. The van der Waals surface area contributed by atoms with Crippen LogP contribution in [-0.2, 0) is 6.54 Å². The van der Waals surface area contributed by atoms with Crippen molar-refractivity contribution in [3.8, 4) is 0 Å². The molecule has 0 bridgehead atoms. The fraction of sp³-hybridized carbons (Fsp3) is 0.556. The molecule has 1 aromatic heterocycles. The van der Waals surface area contributed by atoms with Crippen LogP contribution in [0.15, 0.2) is 17.6 Å². The quantitative estimate of drug-likeness (QED) is 0.413. The van der Waals surface area contributed by atoms with Crippen LogP contribution < -0.4 is 5.32 Å². The average Bonchev–Trinajstić information content (AvgIpc) is 2.21. The number of hydrogen-bond acceptors (Lipinski definition) is 5. The Morgan fingerprint density at radius 2 is 2.14 bits per heavy atom. The van der Waals surface area contributed by atoms with Gasteiger partial charge in [0.05, 0.1) is 6.61 Å². The van der Waals surface area contributed by atoms with Crippen LogP contribution in [0.1, 0.15) is 12.5 Å². The van der Waals surface area contributed by atoms with Crippen LogP contribution in [0, 0.1) is 0 Å². The van der Waals surface area contributed by atoms with Crippen molar-refractivity contribution in [3.05, 3.63) is 18.0 Å². The third kappa shape index (κ3) is 4.04. The Bertz CT molecular complexity index is 253. The number of thioether (sulfide) groups is 1. The molecule has 2 N–H and O–H groups in total. The highest BCUT2D eigenvalue weighted by atomic mass is 32.2. The molecule has 1 heterocycles. The van der Waals surface area contributed by atoms with Gasteiger partial charge in [0, 0.05) is 31.0 Å².